The summed E-state index contributed by atoms with van der Waals surface area (Å²) in [6.07, 6.45) is 1.26. The van der Waals surface area contributed by atoms with Crippen LogP contribution in [0.25, 0.3) is 10.8 Å². The fraction of sp³-hybridized carbons (Fsp3) is 0.250. The summed E-state index contributed by atoms with van der Waals surface area (Å²) in [5, 5.41) is 2.16. The molecular formula is C24H25NO3. The molecule has 0 bridgehead atoms. The number of anilines is 1. The number of fused-ring (bicyclic) bond motifs is 1. The number of carbonyl (C=O) groups is 2. The molecule has 0 aliphatic heterocycles. The molecular weight excluding hydrogens is 350 g/mol. The standard InChI is InChI=1S/C24H25NO3/c1-3-25(23-10-6-8-20-7-4-5-9-22(20)23)24(27)17-28-21-15-13-19(14-16-21)12-11-18(2)26/h4-10,13-16H,3,11-12,17H2,1-2H3. The lowest BCUT2D eigenvalue weighted by Crippen LogP contribution is -2.34. The van der Waals surface area contributed by atoms with Crippen LogP contribution in [0.1, 0.15) is 25.8 Å². The lowest BCUT2D eigenvalue weighted by atomic mass is 10.1. The van der Waals surface area contributed by atoms with Gasteiger partial charge in [0.05, 0.1) is 5.69 Å². The van der Waals surface area contributed by atoms with E-state index in [1.807, 2.05) is 73.7 Å². The highest BCUT2D eigenvalue weighted by molar-refractivity contribution is 6.04. The fourth-order valence-corrected chi connectivity index (χ4v) is 3.22. The molecule has 0 fully saturated rings. The smallest absolute Gasteiger partial charge is 0.264 e. The van der Waals surface area contributed by atoms with E-state index in [2.05, 4.69) is 0 Å². The number of benzene rings is 3. The third-order valence-electron chi connectivity index (χ3n) is 4.73. The monoisotopic (exact) mass is 375 g/mol. The summed E-state index contributed by atoms with van der Waals surface area (Å²) in [6.45, 7) is 4.10. The van der Waals surface area contributed by atoms with Crippen molar-refractivity contribution in [3.63, 3.8) is 0 Å². The van der Waals surface area contributed by atoms with E-state index in [9.17, 15) is 9.59 Å². The topological polar surface area (TPSA) is 46.6 Å². The van der Waals surface area contributed by atoms with E-state index >= 15 is 0 Å². The number of ether oxygens (including phenoxy) is 1. The van der Waals surface area contributed by atoms with Gasteiger partial charge in [-0.15, -0.1) is 0 Å². The molecule has 144 valence electrons. The average molecular weight is 375 g/mol. The minimum Gasteiger partial charge on any atom is -0.484 e. The van der Waals surface area contributed by atoms with Crippen LogP contribution in [0.2, 0.25) is 0 Å². The predicted molar refractivity (Wildman–Crippen MR) is 113 cm³/mol. The number of aryl methyl sites for hydroxylation is 1. The second-order valence-corrected chi connectivity index (χ2v) is 6.77. The normalized spacial score (nSPS) is 10.6. The molecule has 0 saturated carbocycles. The van der Waals surface area contributed by atoms with Gasteiger partial charge in [0.1, 0.15) is 11.5 Å². The molecule has 3 rings (SSSR count). The first kappa shape index (κ1) is 19.6. The molecule has 1 amide bonds. The Balaban J connectivity index is 1.66. The van der Waals surface area contributed by atoms with Crippen LogP contribution in [0.5, 0.6) is 5.75 Å². The van der Waals surface area contributed by atoms with Gasteiger partial charge in [-0.1, -0.05) is 48.5 Å². The lowest BCUT2D eigenvalue weighted by molar-refractivity contribution is -0.120. The van der Waals surface area contributed by atoms with Gasteiger partial charge in [0.15, 0.2) is 6.61 Å². The molecule has 4 nitrogen and oxygen atoms in total. The van der Waals surface area contributed by atoms with Gasteiger partial charge >= 0.3 is 0 Å². The van der Waals surface area contributed by atoms with Crippen LogP contribution in [-0.4, -0.2) is 24.8 Å². The molecule has 0 heterocycles. The van der Waals surface area contributed by atoms with E-state index in [1.165, 1.54) is 0 Å². The first-order chi connectivity index (χ1) is 13.6. The van der Waals surface area contributed by atoms with E-state index < -0.39 is 0 Å². The van der Waals surface area contributed by atoms with Crippen molar-refractivity contribution in [2.24, 2.45) is 0 Å². The Hall–Kier alpha value is -3.14. The Kier molecular flexibility index (Phi) is 6.43. The molecule has 0 atom stereocenters. The summed E-state index contributed by atoms with van der Waals surface area (Å²) in [4.78, 5) is 25.6. The van der Waals surface area contributed by atoms with Gasteiger partial charge in [-0.05, 0) is 49.4 Å². The van der Waals surface area contributed by atoms with Crippen molar-refractivity contribution in [3.8, 4) is 5.75 Å². The third kappa shape index (κ3) is 4.77. The van der Waals surface area contributed by atoms with Crippen LogP contribution in [-0.2, 0) is 16.0 Å². The second-order valence-electron chi connectivity index (χ2n) is 6.77. The van der Waals surface area contributed by atoms with Crippen molar-refractivity contribution in [2.75, 3.05) is 18.1 Å². The highest BCUT2D eigenvalue weighted by Crippen LogP contribution is 2.27. The fourth-order valence-electron chi connectivity index (χ4n) is 3.22. The van der Waals surface area contributed by atoms with E-state index in [0.29, 0.717) is 18.7 Å². The molecule has 0 aliphatic rings. The van der Waals surface area contributed by atoms with E-state index in [1.54, 1.807) is 11.8 Å². The average Bonchev–Trinajstić information content (AvgIpc) is 2.72. The molecule has 28 heavy (non-hydrogen) atoms. The molecule has 3 aromatic carbocycles. The van der Waals surface area contributed by atoms with Crippen LogP contribution >= 0.6 is 0 Å². The van der Waals surface area contributed by atoms with E-state index in [-0.39, 0.29) is 18.3 Å². The zero-order chi connectivity index (χ0) is 19.9. The largest absolute Gasteiger partial charge is 0.484 e. The Morgan fingerprint density at radius 2 is 1.64 bits per heavy atom. The SMILES string of the molecule is CCN(C(=O)COc1ccc(CCC(C)=O)cc1)c1cccc2ccccc12. The zero-order valence-electron chi connectivity index (χ0n) is 16.4. The van der Waals surface area contributed by atoms with Gasteiger partial charge < -0.3 is 14.4 Å². The number of carbonyl (C=O) groups excluding carboxylic acids is 2. The van der Waals surface area contributed by atoms with Crippen molar-refractivity contribution in [3.05, 3.63) is 72.3 Å². The second kappa shape index (κ2) is 9.18. The van der Waals surface area contributed by atoms with Gasteiger partial charge in [0, 0.05) is 18.4 Å². The molecule has 0 aromatic heterocycles. The maximum atomic E-state index is 12.8. The van der Waals surface area contributed by atoms with Crippen molar-refractivity contribution in [1.29, 1.82) is 0 Å². The van der Waals surface area contributed by atoms with Crippen molar-refractivity contribution in [1.82, 2.24) is 0 Å². The quantitative estimate of drug-likeness (QED) is 0.568. The van der Waals surface area contributed by atoms with Crippen molar-refractivity contribution < 1.29 is 14.3 Å². The van der Waals surface area contributed by atoms with E-state index in [4.69, 9.17) is 4.74 Å². The summed E-state index contributed by atoms with van der Waals surface area (Å²) in [5.41, 5.74) is 1.98. The first-order valence-corrected chi connectivity index (χ1v) is 9.57. The maximum absolute atomic E-state index is 12.8. The molecule has 0 saturated heterocycles. The highest BCUT2D eigenvalue weighted by Gasteiger charge is 2.16. The van der Waals surface area contributed by atoms with Gasteiger partial charge in [0.2, 0.25) is 0 Å². The van der Waals surface area contributed by atoms with Crippen LogP contribution < -0.4 is 9.64 Å². The van der Waals surface area contributed by atoms with Crippen molar-refractivity contribution in [2.45, 2.75) is 26.7 Å². The predicted octanol–water partition coefficient (Wildman–Crippen LogP) is 4.79. The Labute approximate surface area is 165 Å². The number of ketones is 1. The molecule has 4 heteroatoms. The summed E-state index contributed by atoms with van der Waals surface area (Å²) in [6, 6.07) is 21.6. The summed E-state index contributed by atoms with van der Waals surface area (Å²) >= 11 is 0. The number of amides is 1. The number of nitrogens with zero attached hydrogens (tertiary/aromatic N) is 1. The van der Waals surface area contributed by atoms with Crippen LogP contribution in [0, 0.1) is 0 Å². The summed E-state index contributed by atoms with van der Waals surface area (Å²) in [5.74, 6) is 0.743. The summed E-state index contributed by atoms with van der Waals surface area (Å²) < 4.78 is 5.71. The van der Waals surface area contributed by atoms with Gasteiger partial charge in [-0.3, -0.25) is 4.79 Å². The summed E-state index contributed by atoms with van der Waals surface area (Å²) in [7, 11) is 0. The number of Topliss-reactive ketones (excluding diaryl/α,β-unsaturated/α-hetero) is 1. The Morgan fingerprint density at radius 3 is 2.36 bits per heavy atom. The van der Waals surface area contributed by atoms with Crippen LogP contribution in [0.4, 0.5) is 5.69 Å². The minimum atomic E-state index is -0.0838. The number of rotatable bonds is 8. The number of hydrogen-bond donors (Lipinski definition) is 0. The molecule has 3 aromatic rings. The minimum absolute atomic E-state index is 0.0240. The zero-order valence-corrected chi connectivity index (χ0v) is 16.4. The van der Waals surface area contributed by atoms with Crippen molar-refractivity contribution >= 4 is 28.2 Å². The van der Waals surface area contributed by atoms with Crippen LogP contribution in [0.3, 0.4) is 0 Å². The molecule has 0 aliphatic carbocycles. The lowest BCUT2D eigenvalue weighted by Gasteiger charge is -2.23. The Morgan fingerprint density at radius 1 is 0.929 bits per heavy atom. The molecule has 0 unspecified atom stereocenters. The first-order valence-electron chi connectivity index (χ1n) is 9.57. The van der Waals surface area contributed by atoms with Crippen LogP contribution in [0.15, 0.2) is 66.7 Å². The van der Waals surface area contributed by atoms with Gasteiger partial charge in [-0.25, -0.2) is 0 Å². The highest BCUT2D eigenvalue weighted by atomic mass is 16.5. The molecule has 0 N–H and O–H groups in total. The van der Waals surface area contributed by atoms with Gasteiger partial charge in [0.25, 0.3) is 5.91 Å². The van der Waals surface area contributed by atoms with E-state index in [0.717, 1.165) is 28.4 Å². The third-order valence-corrected chi connectivity index (χ3v) is 4.73. The molecule has 0 spiro atoms. The number of likely N-dealkylation sites (N-methyl/N-ethyl adjacent to an activating group) is 1. The van der Waals surface area contributed by atoms with Gasteiger partial charge in [-0.2, -0.15) is 0 Å². The Bertz CT molecular complexity index is 958. The number of hydrogen-bond acceptors (Lipinski definition) is 3. The molecule has 0 radical (unpaired) electrons. The maximum Gasteiger partial charge on any atom is 0.264 e.